The van der Waals surface area contributed by atoms with E-state index < -0.39 is 0 Å². The van der Waals surface area contributed by atoms with E-state index in [0.29, 0.717) is 18.8 Å². The molecule has 1 aliphatic rings. The van der Waals surface area contributed by atoms with Crippen LogP contribution >= 0.6 is 0 Å². The SMILES string of the molecule is C[C@@H]1CCc2c(F)cccc2[C@@H]1NC(=O)CCc1cnn(C)c1. The van der Waals surface area contributed by atoms with Gasteiger partial charge in [-0.05, 0) is 47.9 Å². The molecule has 0 bridgehead atoms. The number of aryl methyl sites for hydroxylation is 2. The predicted molar refractivity (Wildman–Crippen MR) is 86.3 cm³/mol. The Labute approximate surface area is 135 Å². The van der Waals surface area contributed by atoms with Crippen molar-refractivity contribution < 1.29 is 9.18 Å². The molecule has 1 aromatic carbocycles. The second-order valence-corrected chi connectivity index (χ2v) is 6.39. The zero-order valence-corrected chi connectivity index (χ0v) is 13.6. The number of carbonyl (C=O) groups is 1. The van der Waals surface area contributed by atoms with Crippen LogP contribution < -0.4 is 5.32 Å². The topological polar surface area (TPSA) is 46.9 Å². The van der Waals surface area contributed by atoms with Gasteiger partial charge in [0, 0.05) is 19.7 Å². The minimum Gasteiger partial charge on any atom is -0.349 e. The van der Waals surface area contributed by atoms with Gasteiger partial charge in [-0.15, -0.1) is 0 Å². The van der Waals surface area contributed by atoms with Crippen molar-refractivity contribution in [1.82, 2.24) is 15.1 Å². The van der Waals surface area contributed by atoms with E-state index in [0.717, 1.165) is 29.5 Å². The highest BCUT2D eigenvalue weighted by Crippen LogP contribution is 2.35. The average molecular weight is 315 g/mol. The summed E-state index contributed by atoms with van der Waals surface area (Å²) in [6.07, 6.45) is 6.41. The molecule has 0 saturated heterocycles. The highest BCUT2D eigenvalue weighted by atomic mass is 19.1. The molecule has 122 valence electrons. The number of rotatable bonds is 4. The van der Waals surface area contributed by atoms with E-state index in [9.17, 15) is 9.18 Å². The molecule has 0 unspecified atom stereocenters. The first-order valence-electron chi connectivity index (χ1n) is 8.09. The van der Waals surface area contributed by atoms with Crippen molar-refractivity contribution in [2.24, 2.45) is 13.0 Å². The quantitative estimate of drug-likeness (QED) is 0.943. The molecule has 0 radical (unpaired) electrons. The average Bonchev–Trinajstić information content (AvgIpc) is 2.94. The minimum atomic E-state index is -0.163. The van der Waals surface area contributed by atoms with E-state index in [2.05, 4.69) is 17.3 Å². The number of amides is 1. The molecule has 1 heterocycles. The number of fused-ring (bicyclic) bond motifs is 1. The van der Waals surface area contributed by atoms with Crippen LogP contribution in [0.2, 0.25) is 0 Å². The van der Waals surface area contributed by atoms with Gasteiger partial charge in [0.1, 0.15) is 5.82 Å². The standard InChI is InChI=1S/C18H22FN3O/c1-12-6-8-14-15(4-3-5-16(14)19)18(12)21-17(23)9-7-13-10-20-22(2)11-13/h3-5,10-12,18H,6-9H2,1-2H3,(H,21,23)/t12-,18-/m1/s1. The lowest BCUT2D eigenvalue weighted by atomic mass is 9.80. The summed E-state index contributed by atoms with van der Waals surface area (Å²) in [7, 11) is 1.86. The monoisotopic (exact) mass is 315 g/mol. The molecule has 0 aliphatic heterocycles. The van der Waals surface area contributed by atoms with Gasteiger partial charge in [0.05, 0.1) is 12.2 Å². The number of hydrogen-bond acceptors (Lipinski definition) is 2. The van der Waals surface area contributed by atoms with Gasteiger partial charge in [-0.2, -0.15) is 5.10 Å². The third-order valence-electron chi connectivity index (χ3n) is 4.62. The Hall–Kier alpha value is -2.17. The van der Waals surface area contributed by atoms with Crippen LogP contribution in [0.25, 0.3) is 0 Å². The molecule has 1 N–H and O–H groups in total. The van der Waals surface area contributed by atoms with E-state index >= 15 is 0 Å². The summed E-state index contributed by atoms with van der Waals surface area (Å²) < 4.78 is 15.7. The summed E-state index contributed by atoms with van der Waals surface area (Å²) >= 11 is 0. The molecule has 2 atom stereocenters. The van der Waals surface area contributed by atoms with Crippen molar-refractivity contribution in [3.8, 4) is 0 Å². The molecule has 23 heavy (non-hydrogen) atoms. The summed E-state index contributed by atoms with van der Waals surface area (Å²) in [5.41, 5.74) is 2.73. The maximum Gasteiger partial charge on any atom is 0.220 e. The second kappa shape index (κ2) is 6.52. The van der Waals surface area contributed by atoms with Gasteiger partial charge in [-0.3, -0.25) is 9.48 Å². The Kier molecular flexibility index (Phi) is 4.46. The van der Waals surface area contributed by atoms with E-state index in [1.807, 2.05) is 19.3 Å². The van der Waals surface area contributed by atoms with Gasteiger partial charge in [0.15, 0.2) is 0 Å². The van der Waals surface area contributed by atoms with Crippen LogP contribution in [-0.4, -0.2) is 15.7 Å². The lowest BCUT2D eigenvalue weighted by Crippen LogP contribution is -2.35. The van der Waals surface area contributed by atoms with E-state index in [-0.39, 0.29) is 17.8 Å². The van der Waals surface area contributed by atoms with Crippen LogP contribution in [0.3, 0.4) is 0 Å². The number of hydrogen-bond donors (Lipinski definition) is 1. The molecule has 1 amide bonds. The normalized spacial score (nSPS) is 20.1. The lowest BCUT2D eigenvalue weighted by Gasteiger charge is -2.32. The maximum atomic E-state index is 14.0. The van der Waals surface area contributed by atoms with Gasteiger partial charge in [-0.1, -0.05) is 19.1 Å². The van der Waals surface area contributed by atoms with Crippen LogP contribution in [-0.2, 0) is 24.7 Å². The van der Waals surface area contributed by atoms with Gasteiger partial charge < -0.3 is 5.32 Å². The van der Waals surface area contributed by atoms with Crippen LogP contribution in [0.15, 0.2) is 30.6 Å². The molecule has 1 aromatic heterocycles. The van der Waals surface area contributed by atoms with Crippen molar-refractivity contribution in [1.29, 1.82) is 0 Å². The summed E-state index contributed by atoms with van der Waals surface area (Å²) in [6, 6.07) is 5.05. The molecular weight excluding hydrogens is 293 g/mol. The third-order valence-corrected chi connectivity index (χ3v) is 4.62. The third kappa shape index (κ3) is 3.44. The smallest absolute Gasteiger partial charge is 0.220 e. The predicted octanol–water partition coefficient (Wildman–Crippen LogP) is 2.93. The summed E-state index contributed by atoms with van der Waals surface area (Å²) in [6.45, 7) is 2.11. The molecule has 0 fully saturated rings. The Bertz CT molecular complexity index is 710. The molecule has 0 saturated carbocycles. The van der Waals surface area contributed by atoms with Gasteiger partial charge in [-0.25, -0.2) is 4.39 Å². The fourth-order valence-corrected chi connectivity index (χ4v) is 3.30. The number of halogens is 1. The highest BCUT2D eigenvalue weighted by molar-refractivity contribution is 5.76. The molecule has 3 rings (SSSR count). The fraction of sp³-hybridized carbons (Fsp3) is 0.444. The summed E-state index contributed by atoms with van der Waals surface area (Å²) in [5, 5.41) is 7.20. The largest absolute Gasteiger partial charge is 0.349 e. The van der Waals surface area contributed by atoms with Crippen molar-refractivity contribution in [3.63, 3.8) is 0 Å². The molecule has 0 spiro atoms. The highest BCUT2D eigenvalue weighted by Gasteiger charge is 2.29. The Morgan fingerprint density at radius 1 is 1.48 bits per heavy atom. The van der Waals surface area contributed by atoms with E-state index in [1.165, 1.54) is 6.07 Å². The van der Waals surface area contributed by atoms with Crippen molar-refractivity contribution in [3.05, 3.63) is 53.1 Å². The first kappa shape index (κ1) is 15.7. The van der Waals surface area contributed by atoms with E-state index in [4.69, 9.17) is 0 Å². The van der Waals surface area contributed by atoms with Crippen LogP contribution in [0.5, 0.6) is 0 Å². The molecule has 2 aromatic rings. The molecule has 4 nitrogen and oxygen atoms in total. The van der Waals surface area contributed by atoms with Gasteiger partial charge in [0.2, 0.25) is 5.91 Å². The zero-order chi connectivity index (χ0) is 16.4. The van der Waals surface area contributed by atoms with Crippen molar-refractivity contribution in [2.45, 2.75) is 38.6 Å². The lowest BCUT2D eigenvalue weighted by molar-refractivity contribution is -0.122. The summed E-state index contributed by atoms with van der Waals surface area (Å²) in [5.74, 6) is 0.151. The van der Waals surface area contributed by atoms with E-state index in [1.54, 1.807) is 16.9 Å². The zero-order valence-electron chi connectivity index (χ0n) is 13.6. The first-order valence-corrected chi connectivity index (χ1v) is 8.09. The molecule has 1 aliphatic carbocycles. The Morgan fingerprint density at radius 2 is 2.30 bits per heavy atom. The number of benzene rings is 1. The van der Waals surface area contributed by atoms with Crippen LogP contribution in [0.1, 0.15) is 42.5 Å². The summed E-state index contributed by atoms with van der Waals surface area (Å²) in [4.78, 5) is 12.3. The molecular formula is C18H22FN3O. The molecule has 5 heteroatoms. The van der Waals surface area contributed by atoms with Crippen LogP contribution in [0, 0.1) is 11.7 Å². The number of carbonyl (C=O) groups excluding carboxylic acids is 1. The van der Waals surface area contributed by atoms with Crippen molar-refractivity contribution in [2.75, 3.05) is 0 Å². The fourth-order valence-electron chi connectivity index (χ4n) is 3.30. The van der Waals surface area contributed by atoms with Gasteiger partial charge >= 0.3 is 0 Å². The Balaban J connectivity index is 1.67. The van der Waals surface area contributed by atoms with Gasteiger partial charge in [0.25, 0.3) is 0 Å². The van der Waals surface area contributed by atoms with Crippen LogP contribution in [0.4, 0.5) is 4.39 Å². The van der Waals surface area contributed by atoms with Crippen molar-refractivity contribution >= 4 is 5.91 Å². The number of nitrogens with zero attached hydrogens (tertiary/aromatic N) is 2. The number of nitrogens with one attached hydrogen (secondary N) is 1. The second-order valence-electron chi connectivity index (χ2n) is 6.39. The maximum absolute atomic E-state index is 14.0. The first-order chi connectivity index (χ1) is 11.0. The Morgan fingerprint density at radius 3 is 3.04 bits per heavy atom. The minimum absolute atomic E-state index is 0.00261. The number of aromatic nitrogens is 2.